The van der Waals surface area contributed by atoms with Gasteiger partial charge in [-0.3, -0.25) is 0 Å². The molecule has 1 aliphatic rings. The van der Waals surface area contributed by atoms with Crippen LogP contribution in [0, 0.1) is 27.7 Å². The van der Waals surface area contributed by atoms with E-state index in [0.717, 1.165) is 0 Å². The number of hydrogen-bond donors (Lipinski definition) is 0. The number of hydrogen-bond acceptors (Lipinski definition) is 2. The molecule has 22 heavy (non-hydrogen) atoms. The molecule has 0 aromatic carbocycles. The number of aromatic nitrogens is 1. The maximum Gasteiger partial charge on any atom is 0.211 e. The normalized spacial score (nSPS) is 16.0. The Bertz CT molecular complexity index is 616. The second kappa shape index (κ2) is 7.41. The summed E-state index contributed by atoms with van der Waals surface area (Å²) >= 11 is 1.86. The number of thioether (sulfide) groups is 1. The molecule has 119 valence electrons. The lowest BCUT2D eigenvalue weighted by molar-refractivity contribution is -0.680. The second-order valence-electron chi connectivity index (χ2n) is 5.69. The summed E-state index contributed by atoms with van der Waals surface area (Å²) < 4.78 is 2.31. The summed E-state index contributed by atoms with van der Waals surface area (Å²) in [5.74, 6) is 0. The third-order valence-electron chi connectivity index (χ3n) is 4.78. The first-order chi connectivity index (χ1) is 9.25. The highest BCUT2D eigenvalue weighted by molar-refractivity contribution is 8.07. The maximum absolute atomic E-state index is 2.32. The van der Waals surface area contributed by atoms with Crippen molar-refractivity contribution in [1.29, 1.82) is 0 Å². The van der Waals surface area contributed by atoms with Crippen molar-refractivity contribution in [1.82, 2.24) is 4.90 Å². The highest BCUT2D eigenvalue weighted by atomic mass is 32.2. The number of pyridine rings is 1. The maximum atomic E-state index is 2.32. The predicted octanol–water partition coefficient (Wildman–Crippen LogP) is 4.23. The van der Waals surface area contributed by atoms with Crippen LogP contribution in [0.2, 0.25) is 0 Å². The van der Waals surface area contributed by atoms with Crippen molar-refractivity contribution in [2.24, 2.45) is 7.05 Å². The van der Waals surface area contributed by atoms with E-state index < -0.39 is 0 Å². The van der Waals surface area contributed by atoms with Gasteiger partial charge < -0.3 is 4.90 Å². The molecule has 2 rings (SSSR count). The third kappa shape index (κ3) is 3.27. The van der Waals surface area contributed by atoms with E-state index in [1.165, 1.54) is 43.7 Å². The smallest absolute Gasteiger partial charge is 0.211 e. The van der Waals surface area contributed by atoms with Crippen LogP contribution in [0.4, 0.5) is 0 Å². The van der Waals surface area contributed by atoms with Gasteiger partial charge in [-0.15, -0.1) is 0 Å². The van der Waals surface area contributed by atoms with Crippen molar-refractivity contribution in [3.05, 3.63) is 43.7 Å². The van der Waals surface area contributed by atoms with E-state index in [2.05, 4.69) is 71.2 Å². The summed E-state index contributed by atoms with van der Waals surface area (Å²) in [5, 5.41) is 1.31. The molecule has 1 aromatic heterocycles. The lowest BCUT2D eigenvalue weighted by atomic mass is 10.0. The molecule has 2 nitrogen and oxygen atoms in total. The molecule has 0 saturated carbocycles. The predicted molar refractivity (Wildman–Crippen MR) is 101 cm³/mol. The number of allylic oxidation sites excluding steroid dienone is 2. The average Bonchev–Trinajstić information content (AvgIpc) is 2.66. The Labute approximate surface area is 142 Å². The van der Waals surface area contributed by atoms with E-state index in [9.17, 15) is 0 Å². The van der Waals surface area contributed by atoms with Crippen LogP contribution >= 0.6 is 11.8 Å². The Kier molecular flexibility index (Phi) is 7.02. The summed E-state index contributed by atoms with van der Waals surface area (Å²) in [4.78, 5) is 3.67. The largest absolute Gasteiger partial charge is 0.342 e. The first kappa shape index (κ1) is 20.8. The Hall–Kier alpha value is -1.16. The fourth-order valence-electron chi connectivity index (χ4n) is 2.58. The minimum absolute atomic E-state index is 0. The standard InChI is InChI=1S/C17H25N2S.CH4.B/c1-10-11(2)13(4)18(7)16(12(10)3)9-17-19(8)14(5)15(6)20-17;;/h9H,1-8H3;1H4;/q+1;;. The van der Waals surface area contributed by atoms with E-state index in [4.69, 9.17) is 0 Å². The summed E-state index contributed by atoms with van der Waals surface area (Å²) in [7, 11) is 4.31. The molecule has 3 radical (unpaired) electrons. The van der Waals surface area contributed by atoms with Crippen LogP contribution in [-0.4, -0.2) is 20.4 Å². The fourth-order valence-corrected chi connectivity index (χ4v) is 3.62. The summed E-state index contributed by atoms with van der Waals surface area (Å²) in [6.07, 6.45) is 2.32. The van der Waals surface area contributed by atoms with Crippen molar-refractivity contribution in [2.75, 3.05) is 7.05 Å². The van der Waals surface area contributed by atoms with Gasteiger partial charge in [0.2, 0.25) is 5.69 Å². The molecular formula is C18H29BN2S+. The van der Waals surface area contributed by atoms with Gasteiger partial charge in [0.1, 0.15) is 7.05 Å². The van der Waals surface area contributed by atoms with Gasteiger partial charge in [0.25, 0.3) is 0 Å². The zero-order valence-electron chi connectivity index (χ0n) is 14.5. The van der Waals surface area contributed by atoms with Crippen LogP contribution in [0.25, 0.3) is 6.08 Å². The Balaban J connectivity index is 0.00000220. The molecular weight excluding hydrogens is 287 g/mol. The SMILES string of the molecule is C.CC1=C(C)N(C)C(=Cc2c(C)c(C)c(C)c(C)[n+]2C)S1.[B]. The van der Waals surface area contributed by atoms with Crippen LogP contribution in [0.3, 0.4) is 0 Å². The molecule has 1 aliphatic heterocycles. The van der Waals surface area contributed by atoms with E-state index in [0.29, 0.717) is 0 Å². The van der Waals surface area contributed by atoms with Crippen LogP contribution in [-0.2, 0) is 7.05 Å². The average molecular weight is 316 g/mol. The summed E-state index contributed by atoms with van der Waals surface area (Å²) in [5.41, 5.74) is 8.17. The molecule has 4 heteroatoms. The first-order valence-electron chi connectivity index (χ1n) is 7.02. The molecule has 0 fully saturated rings. The molecule has 0 amide bonds. The van der Waals surface area contributed by atoms with E-state index in [1.54, 1.807) is 0 Å². The molecule has 0 spiro atoms. The zero-order valence-corrected chi connectivity index (χ0v) is 15.3. The Morgan fingerprint density at radius 2 is 1.50 bits per heavy atom. The van der Waals surface area contributed by atoms with Gasteiger partial charge in [-0.2, -0.15) is 4.57 Å². The third-order valence-corrected chi connectivity index (χ3v) is 5.98. The Morgan fingerprint density at radius 3 is 1.95 bits per heavy atom. The number of rotatable bonds is 1. The fraction of sp³-hybridized carbons (Fsp3) is 0.500. The van der Waals surface area contributed by atoms with Crippen LogP contribution in [0.5, 0.6) is 0 Å². The quantitative estimate of drug-likeness (QED) is 0.565. The lowest BCUT2D eigenvalue weighted by Gasteiger charge is -2.15. The van der Waals surface area contributed by atoms with Gasteiger partial charge >= 0.3 is 0 Å². The highest BCUT2D eigenvalue weighted by Crippen LogP contribution is 2.40. The van der Waals surface area contributed by atoms with Crippen molar-refractivity contribution in [3.63, 3.8) is 0 Å². The van der Waals surface area contributed by atoms with Crippen LogP contribution in [0.15, 0.2) is 15.6 Å². The van der Waals surface area contributed by atoms with Gasteiger partial charge in [-0.1, -0.05) is 19.2 Å². The molecule has 0 unspecified atom stereocenters. The molecule has 0 aliphatic carbocycles. The van der Waals surface area contributed by atoms with Crippen molar-refractivity contribution >= 4 is 26.3 Å². The molecule has 1 aromatic rings. The lowest BCUT2D eigenvalue weighted by Crippen LogP contribution is -2.38. The van der Waals surface area contributed by atoms with Gasteiger partial charge in [-0.05, 0) is 40.2 Å². The summed E-state index contributed by atoms with van der Waals surface area (Å²) in [6.45, 7) is 13.2. The monoisotopic (exact) mass is 316 g/mol. The molecule has 0 atom stereocenters. The summed E-state index contributed by atoms with van der Waals surface area (Å²) in [6, 6.07) is 0. The first-order valence-corrected chi connectivity index (χ1v) is 7.84. The Morgan fingerprint density at radius 1 is 0.955 bits per heavy atom. The van der Waals surface area contributed by atoms with Gasteiger partial charge in [0, 0.05) is 50.2 Å². The number of nitrogens with zero attached hydrogens (tertiary/aromatic N) is 2. The van der Waals surface area contributed by atoms with Crippen molar-refractivity contribution in [2.45, 2.75) is 49.0 Å². The van der Waals surface area contributed by atoms with Crippen molar-refractivity contribution in [3.8, 4) is 0 Å². The van der Waals surface area contributed by atoms with E-state index in [-0.39, 0.29) is 15.8 Å². The van der Waals surface area contributed by atoms with Crippen LogP contribution in [0.1, 0.15) is 49.4 Å². The highest BCUT2D eigenvalue weighted by Gasteiger charge is 2.23. The topological polar surface area (TPSA) is 7.12 Å². The zero-order chi connectivity index (χ0) is 15.2. The minimum Gasteiger partial charge on any atom is -0.342 e. The molecule has 0 N–H and O–H groups in total. The van der Waals surface area contributed by atoms with Crippen LogP contribution < -0.4 is 4.57 Å². The minimum atomic E-state index is 0. The molecule has 2 heterocycles. The second-order valence-corrected chi connectivity index (χ2v) is 6.92. The van der Waals surface area contributed by atoms with E-state index in [1.807, 2.05) is 11.8 Å². The molecule has 0 bridgehead atoms. The van der Waals surface area contributed by atoms with Gasteiger partial charge in [0.15, 0.2) is 5.69 Å². The molecule has 0 saturated heterocycles. The van der Waals surface area contributed by atoms with E-state index >= 15 is 0 Å². The van der Waals surface area contributed by atoms with Gasteiger partial charge in [-0.25, -0.2) is 0 Å². The van der Waals surface area contributed by atoms with Crippen molar-refractivity contribution < 1.29 is 4.57 Å². The van der Waals surface area contributed by atoms with Gasteiger partial charge in [0.05, 0.1) is 5.03 Å².